The molecular weight excluding hydrogens is 378 g/mol. The topological polar surface area (TPSA) is 65.4 Å². The maximum atomic E-state index is 13.0. The molecule has 2 heterocycles. The molecule has 0 spiro atoms. The third-order valence-electron chi connectivity index (χ3n) is 5.83. The van der Waals surface area contributed by atoms with E-state index in [0.717, 1.165) is 29.7 Å². The first kappa shape index (κ1) is 18.7. The van der Waals surface area contributed by atoms with Crippen LogP contribution in [0.4, 0.5) is 0 Å². The summed E-state index contributed by atoms with van der Waals surface area (Å²) in [4.78, 5) is 13.0. The van der Waals surface area contributed by atoms with E-state index in [1.165, 1.54) is 19.3 Å². The molecule has 5 rings (SSSR count). The van der Waals surface area contributed by atoms with E-state index in [1.807, 2.05) is 41.2 Å². The molecule has 6 heteroatoms. The van der Waals surface area contributed by atoms with Crippen LogP contribution in [0.25, 0.3) is 5.69 Å². The Morgan fingerprint density at radius 1 is 1.07 bits per heavy atom. The number of nitrogens with zero attached hydrogens (tertiary/aromatic N) is 2. The lowest BCUT2D eigenvalue weighted by Gasteiger charge is -2.23. The van der Waals surface area contributed by atoms with Gasteiger partial charge in [-0.15, -0.1) is 0 Å². The van der Waals surface area contributed by atoms with Crippen molar-refractivity contribution in [3.63, 3.8) is 0 Å². The van der Waals surface area contributed by atoms with Gasteiger partial charge in [-0.1, -0.05) is 31.4 Å². The Hall–Kier alpha value is -3.28. The van der Waals surface area contributed by atoms with Crippen LogP contribution in [0.3, 0.4) is 0 Å². The lowest BCUT2D eigenvalue weighted by atomic mass is 9.95. The predicted molar refractivity (Wildman–Crippen MR) is 113 cm³/mol. The van der Waals surface area contributed by atoms with Gasteiger partial charge in [-0.05, 0) is 60.7 Å². The van der Waals surface area contributed by atoms with Crippen molar-refractivity contribution < 1.29 is 14.3 Å². The normalized spacial score (nSPS) is 15.9. The van der Waals surface area contributed by atoms with Gasteiger partial charge in [0.25, 0.3) is 5.91 Å². The van der Waals surface area contributed by atoms with Crippen LogP contribution in [0.1, 0.15) is 53.6 Å². The van der Waals surface area contributed by atoms with E-state index in [0.29, 0.717) is 23.5 Å². The van der Waals surface area contributed by atoms with E-state index in [4.69, 9.17) is 9.47 Å². The second-order valence-corrected chi connectivity index (χ2v) is 7.98. The minimum atomic E-state index is -0.0699. The highest BCUT2D eigenvalue weighted by atomic mass is 16.7. The van der Waals surface area contributed by atoms with Crippen LogP contribution in [-0.4, -0.2) is 28.5 Å². The van der Waals surface area contributed by atoms with Crippen molar-refractivity contribution in [3.05, 3.63) is 71.5 Å². The molecule has 3 aromatic rings. The molecular formula is C24H25N3O3. The van der Waals surface area contributed by atoms with Crippen LogP contribution in [0.2, 0.25) is 0 Å². The summed E-state index contributed by atoms with van der Waals surface area (Å²) in [6.07, 6.45) is 10.1. The van der Waals surface area contributed by atoms with Crippen molar-refractivity contribution in [3.8, 4) is 17.2 Å². The van der Waals surface area contributed by atoms with Crippen LogP contribution >= 0.6 is 0 Å². The molecule has 0 radical (unpaired) electrons. The maximum absolute atomic E-state index is 13.0. The van der Waals surface area contributed by atoms with Crippen LogP contribution in [-0.2, 0) is 6.42 Å². The number of fused-ring (bicyclic) bond motifs is 1. The highest BCUT2D eigenvalue weighted by molar-refractivity contribution is 5.98. The molecule has 1 aliphatic carbocycles. The number of ether oxygens (including phenoxy) is 2. The molecule has 0 saturated heterocycles. The fourth-order valence-corrected chi connectivity index (χ4v) is 4.27. The quantitative estimate of drug-likeness (QED) is 0.692. The lowest BCUT2D eigenvalue weighted by molar-refractivity contribution is 0.0923. The van der Waals surface area contributed by atoms with Gasteiger partial charge in [0.1, 0.15) is 0 Å². The number of carbonyl (C=O) groups excluding carboxylic acids is 1. The molecule has 0 unspecified atom stereocenters. The molecule has 1 aliphatic heterocycles. The van der Waals surface area contributed by atoms with Crippen LogP contribution in [0.5, 0.6) is 11.5 Å². The van der Waals surface area contributed by atoms with E-state index in [-0.39, 0.29) is 18.7 Å². The molecule has 1 amide bonds. The number of nitrogens with one attached hydrogen (secondary N) is 1. The smallest absolute Gasteiger partial charge is 0.255 e. The van der Waals surface area contributed by atoms with Crippen molar-refractivity contribution in [2.24, 2.45) is 0 Å². The van der Waals surface area contributed by atoms with Crippen LogP contribution in [0.15, 0.2) is 54.9 Å². The molecule has 6 nitrogen and oxygen atoms in total. The number of amides is 1. The zero-order valence-electron chi connectivity index (χ0n) is 16.8. The van der Waals surface area contributed by atoms with E-state index in [1.54, 1.807) is 6.20 Å². The summed E-state index contributed by atoms with van der Waals surface area (Å²) in [5, 5.41) is 7.45. The molecule has 1 saturated carbocycles. The molecule has 2 aromatic carbocycles. The van der Waals surface area contributed by atoms with Crippen LogP contribution in [0, 0.1) is 0 Å². The average Bonchev–Trinajstić information content (AvgIpc) is 3.47. The molecule has 0 bridgehead atoms. The minimum Gasteiger partial charge on any atom is -0.454 e. The molecule has 0 atom stereocenters. The Morgan fingerprint density at radius 2 is 1.90 bits per heavy atom. The molecule has 2 aliphatic rings. The summed E-state index contributed by atoms with van der Waals surface area (Å²) < 4.78 is 13.1. The Balaban J connectivity index is 1.36. The minimum absolute atomic E-state index is 0.0699. The summed E-state index contributed by atoms with van der Waals surface area (Å²) >= 11 is 0. The van der Waals surface area contributed by atoms with Gasteiger partial charge in [-0.2, -0.15) is 5.10 Å². The first-order valence-corrected chi connectivity index (χ1v) is 10.6. The Bertz CT molecular complexity index is 1020. The summed E-state index contributed by atoms with van der Waals surface area (Å²) in [7, 11) is 0. The van der Waals surface area contributed by atoms with Crippen LogP contribution < -0.4 is 14.8 Å². The second kappa shape index (κ2) is 8.22. The molecule has 154 valence electrons. The molecule has 1 N–H and O–H groups in total. The zero-order valence-corrected chi connectivity index (χ0v) is 16.8. The third-order valence-corrected chi connectivity index (χ3v) is 5.83. The van der Waals surface area contributed by atoms with Crippen molar-refractivity contribution in [1.29, 1.82) is 0 Å². The summed E-state index contributed by atoms with van der Waals surface area (Å²) in [5.41, 5.74) is 3.77. The Kier molecular flexibility index (Phi) is 5.13. The molecule has 30 heavy (non-hydrogen) atoms. The number of benzene rings is 2. The van der Waals surface area contributed by atoms with Crippen molar-refractivity contribution in [2.45, 2.75) is 44.6 Å². The van der Waals surface area contributed by atoms with E-state index >= 15 is 0 Å². The Labute approximate surface area is 175 Å². The monoisotopic (exact) mass is 403 g/mol. The maximum Gasteiger partial charge on any atom is 0.255 e. The first-order valence-electron chi connectivity index (χ1n) is 10.6. The third kappa shape index (κ3) is 3.90. The Morgan fingerprint density at radius 3 is 2.67 bits per heavy atom. The van der Waals surface area contributed by atoms with E-state index < -0.39 is 0 Å². The number of aromatic nitrogens is 2. The van der Waals surface area contributed by atoms with E-state index in [2.05, 4.69) is 22.5 Å². The number of rotatable bonds is 5. The van der Waals surface area contributed by atoms with Gasteiger partial charge in [0, 0.05) is 18.4 Å². The number of carbonyl (C=O) groups is 1. The average molecular weight is 403 g/mol. The van der Waals surface area contributed by atoms with Crippen molar-refractivity contribution in [1.82, 2.24) is 15.1 Å². The fourth-order valence-electron chi connectivity index (χ4n) is 4.27. The van der Waals surface area contributed by atoms with Gasteiger partial charge in [0.05, 0.1) is 11.3 Å². The van der Waals surface area contributed by atoms with Crippen molar-refractivity contribution >= 4 is 5.91 Å². The highest BCUT2D eigenvalue weighted by Gasteiger charge is 2.25. The highest BCUT2D eigenvalue weighted by Crippen LogP contribution is 2.37. The van der Waals surface area contributed by atoms with Gasteiger partial charge < -0.3 is 14.8 Å². The number of hydrogen-bond donors (Lipinski definition) is 1. The van der Waals surface area contributed by atoms with Gasteiger partial charge in [-0.25, -0.2) is 4.68 Å². The van der Waals surface area contributed by atoms with Gasteiger partial charge in [0.15, 0.2) is 11.5 Å². The lowest BCUT2D eigenvalue weighted by Crippen LogP contribution is -2.36. The SMILES string of the molecule is O=C(NC1CCCCC1)c1cc(Cc2ccc(-n3cccn3)cc2)cc2c1OCO2. The summed E-state index contributed by atoms with van der Waals surface area (Å²) in [6, 6.07) is 14.3. The molecule has 1 aromatic heterocycles. The summed E-state index contributed by atoms with van der Waals surface area (Å²) in [5.74, 6) is 1.13. The van der Waals surface area contributed by atoms with Gasteiger partial charge >= 0.3 is 0 Å². The first-order chi connectivity index (χ1) is 14.8. The fraction of sp³-hybridized carbons (Fsp3) is 0.333. The second-order valence-electron chi connectivity index (χ2n) is 7.98. The largest absolute Gasteiger partial charge is 0.454 e. The predicted octanol–water partition coefficient (Wildman–Crippen LogP) is 4.25. The molecule has 1 fully saturated rings. The summed E-state index contributed by atoms with van der Waals surface area (Å²) in [6.45, 7) is 0.154. The van der Waals surface area contributed by atoms with Crippen molar-refractivity contribution in [2.75, 3.05) is 6.79 Å². The van der Waals surface area contributed by atoms with Gasteiger partial charge in [-0.3, -0.25) is 4.79 Å². The zero-order chi connectivity index (χ0) is 20.3. The number of hydrogen-bond acceptors (Lipinski definition) is 4. The van der Waals surface area contributed by atoms with Gasteiger partial charge in [0.2, 0.25) is 6.79 Å². The van der Waals surface area contributed by atoms with E-state index in [9.17, 15) is 4.79 Å². The standard InChI is InChI=1S/C24H25N3O3/c28-24(26-19-5-2-1-3-6-19)21-14-18(15-22-23(21)30-16-29-22)13-17-7-9-20(10-8-17)27-12-4-11-25-27/h4,7-12,14-15,19H,1-3,5-6,13,16H2,(H,26,28).